The van der Waals surface area contributed by atoms with E-state index in [1.807, 2.05) is 0 Å². The number of carbonyl (C=O) groups excluding carboxylic acids is 1. The van der Waals surface area contributed by atoms with Crippen molar-refractivity contribution in [3.8, 4) is 0 Å². The highest BCUT2D eigenvalue weighted by atomic mass is 16.6. The number of rotatable bonds is 3. The second-order valence-corrected chi connectivity index (χ2v) is 3.76. The fraction of sp³-hybridized carbons (Fsp3) is 0.875. The molecular weight excluding hydrogens is 172 g/mol. The Hall–Kier alpha value is -0.810. The standard InChI is InChI=1S/C8H18N2O3/c1-8(2,3)13-7(12)9-10(4)5-6-11/h11H,5-6H2,1-4H3,(H,9,12). The average molecular weight is 190 g/mol. The molecule has 5 nitrogen and oxygen atoms in total. The number of hydrazine groups is 1. The largest absolute Gasteiger partial charge is 0.443 e. The number of likely N-dealkylation sites (N-methyl/N-ethyl adjacent to an activating group) is 1. The second-order valence-electron chi connectivity index (χ2n) is 3.76. The van der Waals surface area contributed by atoms with Gasteiger partial charge in [0.05, 0.1) is 6.61 Å². The van der Waals surface area contributed by atoms with E-state index in [1.165, 1.54) is 5.01 Å². The first-order valence-electron chi connectivity index (χ1n) is 4.17. The van der Waals surface area contributed by atoms with E-state index >= 15 is 0 Å². The molecule has 1 amide bonds. The summed E-state index contributed by atoms with van der Waals surface area (Å²) in [6, 6.07) is 0. The van der Waals surface area contributed by atoms with E-state index < -0.39 is 11.7 Å². The van der Waals surface area contributed by atoms with Crippen molar-refractivity contribution in [2.45, 2.75) is 26.4 Å². The Morgan fingerprint density at radius 2 is 2.08 bits per heavy atom. The van der Waals surface area contributed by atoms with Gasteiger partial charge in [0, 0.05) is 13.6 Å². The lowest BCUT2D eigenvalue weighted by Gasteiger charge is -2.22. The molecule has 78 valence electrons. The molecule has 0 bridgehead atoms. The highest BCUT2D eigenvalue weighted by molar-refractivity contribution is 5.66. The average Bonchev–Trinajstić information content (AvgIpc) is 1.81. The third-order valence-corrected chi connectivity index (χ3v) is 1.12. The molecule has 0 aromatic heterocycles. The Kier molecular flexibility index (Phi) is 4.72. The third-order valence-electron chi connectivity index (χ3n) is 1.12. The first-order chi connectivity index (χ1) is 5.85. The molecule has 5 heteroatoms. The fourth-order valence-electron chi connectivity index (χ4n) is 0.663. The molecule has 0 saturated carbocycles. The van der Waals surface area contributed by atoms with Gasteiger partial charge < -0.3 is 9.84 Å². The van der Waals surface area contributed by atoms with Crippen LogP contribution in [0.1, 0.15) is 20.8 Å². The number of aliphatic hydroxyl groups excluding tert-OH is 1. The van der Waals surface area contributed by atoms with Crippen molar-refractivity contribution in [3.05, 3.63) is 0 Å². The summed E-state index contributed by atoms with van der Waals surface area (Å²) in [6.45, 7) is 5.74. The highest BCUT2D eigenvalue weighted by Gasteiger charge is 2.16. The van der Waals surface area contributed by atoms with Crippen molar-refractivity contribution in [1.29, 1.82) is 0 Å². The molecule has 0 atom stereocenters. The van der Waals surface area contributed by atoms with Crippen molar-refractivity contribution in [2.75, 3.05) is 20.2 Å². The minimum atomic E-state index is -0.511. The van der Waals surface area contributed by atoms with Crippen LogP contribution < -0.4 is 5.43 Å². The molecule has 0 heterocycles. The lowest BCUT2D eigenvalue weighted by atomic mass is 10.2. The summed E-state index contributed by atoms with van der Waals surface area (Å²) >= 11 is 0. The summed E-state index contributed by atoms with van der Waals surface area (Å²) in [6.07, 6.45) is -0.511. The van der Waals surface area contributed by atoms with Crippen LogP contribution in [0.2, 0.25) is 0 Å². The van der Waals surface area contributed by atoms with Gasteiger partial charge in [-0.1, -0.05) is 0 Å². The van der Waals surface area contributed by atoms with Crippen LogP contribution in [0.5, 0.6) is 0 Å². The van der Waals surface area contributed by atoms with E-state index in [-0.39, 0.29) is 6.61 Å². The maximum atomic E-state index is 11.1. The first kappa shape index (κ1) is 12.2. The molecule has 0 aliphatic carbocycles. The minimum absolute atomic E-state index is 0.00764. The van der Waals surface area contributed by atoms with Crippen LogP contribution in [0.25, 0.3) is 0 Å². The van der Waals surface area contributed by atoms with Crippen LogP contribution in [0.3, 0.4) is 0 Å². The number of ether oxygens (including phenoxy) is 1. The molecule has 0 radical (unpaired) electrons. The van der Waals surface area contributed by atoms with Crippen molar-refractivity contribution in [3.63, 3.8) is 0 Å². The third kappa shape index (κ3) is 7.55. The van der Waals surface area contributed by atoms with Gasteiger partial charge in [-0.15, -0.1) is 0 Å². The monoisotopic (exact) mass is 190 g/mol. The smallest absolute Gasteiger partial charge is 0.422 e. The molecule has 0 fully saturated rings. The molecule has 0 saturated heterocycles. The number of nitrogens with one attached hydrogen (secondary N) is 1. The summed E-state index contributed by atoms with van der Waals surface area (Å²) in [7, 11) is 1.65. The summed E-state index contributed by atoms with van der Waals surface area (Å²) < 4.78 is 4.98. The lowest BCUT2D eigenvalue weighted by molar-refractivity contribution is 0.0349. The molecule has 0 spiro atoms. The number of hydrogen-bond donors (Lipinski definition) is 2. The number of nitrogens with zero attached hydrogens (tertiary/aromatic N) is 1. The van der Waals surface area contributed by atoms with Gasteiger partial charge in [0.25, 0.3) is 0 Å². The van der Waals surface area contributed by atoms with Crippen LogP contribution in [-0.2, 0) is 4.74 Å². The van der Waals surface area contributed by atoms with Crippen LogP contribution in [-0.4, -0.2) is 42.0 Å². The van der Waals surface area contributed by atoms with E-state index in [9.17, 15) is 4.79 Å². The summed E-state index contributed by atoms with van der Waals surface area (Å²) in [5.41, 5.74) is 1.95. The Morgan fingerprint density at radius 3 is 2.46 bits per heavy atom. The summed E-state index contributed by atoms with van der Waals surface area (Å²) in [4.78, 5) is 11.1. The van der Waals surface area contributed by atoms with Crippen LogP contribution >= 0.6 is 0 Å². The van der Waals surface area contributed by atoms with Gasteiger partial charge in [-0.25, -0.2) is 9.80 Å². The quantitative estimate of drug-likeness (QED) is 0.630. The predicted molar refractivity (Wildman–Crippen MR) is 49.1 cm³/mol. The van der Waals surface area contributed by atoms with Crippen molar-refractivity contribution in [2.24, 2.45) is 0 Å². The van der Waals surface area contributed by atoms with Crippen LogP contribution in [0.15, 0.2) is 0 Å². The fourth-order valence-corrected chi connectivity index (χ4v) is 0.663. The summed E-state index contributed by atoms with van der Waals surface area (Å²) in [5.74, 6) is 0. The van der Waals surface area contributed by atoms with Gasteiger partial charge in [0.15, 0.2) is 0 Å². The van der Waals surface area contributed by atoms with Crippen LogP contribution in [0.4, 0.5) is 4.79 Å². The van der Waals surface area contributed by atoms with Crippen molar-refractivity contribution in [1.82, 2.24) is 10.4 Å². The van der Waals surface area contributed by atoms with E-state index in [4.69, 9.17) is 9.84 Å². The van der Waals surface area contributed by atoms with Crippen molar-refractivity contribution >= 4 is 6.09 Å². The predicted octanol–water partition coefficient (Wildman–Crippen LogP) is 0.350. The lowest BCUT2D eigenvalue weighted by Crippen LogP contribution is -2.43. The zero-order valence-corrected chi connectivity index (χ0v) is 8.63. The molecule has 0 rings (SSSR count). The number of hydrogen-bond acceptors (Lipinski definition) is 4. The maximum absolute atomic E-state index is 11.1. The molecule has 0 aromatic carbocycles. The first-order valence-corrected chi connectivity index (χ1v) is 4.17. The molecule has 13 heavy (non-hydrogen) atoms. The Labute approximate surface area is 78.6 Å². The second kappa shape index (κ2) is 5.04. The number of aliphatic hydroxyl groups is 1. The van der Waals surface area contributed by atoms with E-state index in [0.717, 1.165) is 0 Å². The van der Waals surface area contributed by atoms with Gasteiger partial charge in [-0.3, -0.25) is 5.43 Å². The number of amides is 1. The van der Waals surface area contributed by atoms with E-state index in [1.54, 1.807) is 27.8 Å². The molecule has 0 aliphatic heterocycles. The number of carbonyl (C=O) groups is 1. The van der Waals surface area contributed by atoms with Gasteiger partial charge >= 0.3 is 6.09 Å². The Morgan fingerprint density at radius 1 is 1.54 bits per heavy atom. The molecular formula is C8H18N2O3. The highest BCUT2D eigenvalue weighted by Crippen LogP contribution is 2.06. The van der Waals surface area contributed by atoms with Gasteiger partial charge in [-0.2, -0.15) is 0 Å². The van der Waals surface area contributed by atoms with Gasteiger partial charge in [0.1, 0.15) is 5.60 Å². The normalized spacial score (nSPS) is 11.5. The maximum Gasteiger partial charge on any atom is 0.422 e. The SMILES string of the molecule is CN(CCO)NC(=O)OC(C)(C)C. The van der Waals surface area contributed by atoms with Gasteiger partial charge in [-0.05, 0) is 20.8 Å². The Bertz CT molecular complexity index is 165. The zero-order chi connectivity index (χ0) is 10.5. The topological polar surface area (TPSA) is 61.8 Å². The van der Waals surface area contributed by atoms with Gasteiger partial charge in [0.2, 0.25) is 0 Å². The summed E-state index contributed by atoms with van der Waals surface area (Å²) in [5, 5.41) is 10.0. The van der Waals surface area contributed by atoms with E-state index in [0.29, 0.717) is 6.54 Å². The zero-order valence-electron chi connectivity index (χ0n) is 8.63. The van der Waals surface area contributed by atoms with Crippen molar-refractivity contribution < 1.29 is 14.6 Å². The molecule has 0 unspecified atom stereocenters. The van der Waals surface area contributed by atoms with E-state index in [2.05, 4.69) is 5.43 Å². The molecule has 2 N–H and O–H groups in total. The minimum Gasteiger partial charge on any atom is -0.443 e. The Balaban J connectivity index is 3.74. The molecule has 0 aromatic rings. The van der Waals surface area contributed by atoms with Crippen LogP contribution in [0, 0.1) is 0 Å². The molecule has 0 aliphatic rings.